The van der Waals surface area contributed by atoms with Crippen LogP contribution in [0.15, 0.2) is 0 Å². The van der Waals surface area contributed by atoms with Crippen LogP contribution in [0.5, 0.6) is 0 Å². The summed E-state index contributed by atoms with van der Waals surface area (Å²) in [5, 5.41) is 9.73. The Labute approximate surface area is 123 Å². The number of carbonyl (C=O) groups excluding carboxylic acids is 1. The van der Waals surface area contributed by atoms with E-state index in [1.807, 2.05) is 16.7 Å². The normalized spacial score (nSPS) is 32.1. The van der Waals surface area contributed by atoms with Crippen LogP contribution in [-0.4, -0.2) is 58.7 Å². The Morgan fingerprint density at radius 1 is 1.40 bits per heavy atom. The molecular weight excluding hydrogens is 278 g/mol. The second-order valence-electron chi connectivity index (χ2n) is 6.04. The number of hydrogen-bond donors (Lipinski definition) is 1. The zero-order chi connectivity index (χ0) is 14.2. The van der Waals surface area contributed by atoms with Crippen LogP contribution in [0.1, 0.15) is 32.1 Å². The van der Waals surface area contributed by atoms with Crippen LogP contribution in [0, 0.1) is 5.41 Å². The molecule has 2 atom stereocenters. The molecule has 1 aliphatic carbocycles. The third-order valence-electron chi connectivity index (χ3n) is 4.91. The molecule has 20 heavy (non-hydrogen) atoms. The average molecular weight is 299 g/mol. The van der Waals surface area contributed by atoms with Crippen molar-refractivity contribution in [3.8, 4) is 0 Å². The molecule has 1 amide bonds. The average Bonchev–Trinajstić information content (AvgIpc) is 2.41. The van der Waals surface area contributed by atoms with Crippen molar-refractivity contribution in [3.05, 3.63) is 0 Å². The van der Waals surface area contributed by atoms with Crippen LogP contribution in [-0.2, 0) is 14.3 Å². The minimum atomic E-state index is -0.799. The number of fused-ring (bicyclic) bond motifs is 1. The summed E-state index contributed by atoms with van der Waals surface area (Å²) in [6.07, 6.45) is 3.28. The van der Waals surface area contributed by atoms with E-state index in [1.54, 1.807) is 0 Å². The number of carbonyl (C=O) groups is 2. The van der Waals surface area contributed by atoms with Gasteiger partial charge in [-0.25, -0.2) is 0 Å². The van der Waals surface area contributed by atoms with Crippen molar-refractivity contribution in [2.45, 2.75) is 43.4 Å². The van der Waals surface area contributed by atoms with Crippen molar-refractivity contribution in [2.24, 2.45) is 5.41 Å². The van der Waals surface area contributed by atoms with E-state index >= 15 is 0 Å². The van der Waals surface area contributed by atoms with Crippen molar-refractivity contribution in [1.29, 1.82) is 0 Å². The van der Waals surface area contributed by atoms with Gasteiger partial charge in [0, 0.05) is 36.6 Å². The molecule has 3 fully saturated rings. The first-order valence-corrected chi connectivity index (χ1v) is 8.39. The quantitative estimate of drug-likeness (QED) is 0.852. The number of carboxylic acids is 1. The van der Waals surface area contributed by atoms with E-state index in [0.29, 0.717) is 31.3 Å². The lowest BCUT2D eigenvalue weighted by molar-refractivity contribution is -0.160. The van der Waals surface area contributed by atoms with E-state index in [4.69, 9.17) is 4.74 Å². The molecule has 0 bridgehead atoms. The summed E-state index contributed by atoms with van der Waals surface area (Å²) >= 11 is 1.88. The van der Waals surface area contributed by atoms with Crippen LogP contribution in [0.4, 0.5) is 0 Å². The Balaban J connectivity index is 1.68. The Hall–Kier alpha value is -0.750. The topological polar surface area (TPSA) is 66.8 Å². The van der Waals surface area contributed by atoms with Gasteiger partial charge in [-0.1, -0.05) is 6.42 Å². The zero-order valence-corrected chi connectivity index (χ0v) is 12.4. The number of amides is 1. The van der Waals surface area contributed by atoms with E-state index in [2.05, 4.69) is 0 Å². The maximum Gasteiger partial charge on any atom is 0.310 e. The van der Waals surface area contributed by atoms with E-state index in [0.717, 1.165) is 25.1 Å². The SMILES string of the molecule is O=C(CC1(C(=O)O)CCC1)N1CCSC2COCCC21. The fraction of sp³-hybridized carbons (Fsp3) is 0.857. The fourth-order valence-corrected chi connectivity index (χ4v) is 4.76. The second-order valence-corrected chi connectivity index (χ2v) is 7.39. The van der Waals surface area contributed by atoms with Gasteiger partial charge in [0.25, 0.3) is 0 Å². The predicted molar refractivity (Wildman–Crippen MR) is 75.7 cm³/mol. The fourth-order valence-electron chi connectivity index (χ4n) is 3.45. The van der Waals surface area contributed by atoms with Gasteiger partial charge >= 0.3 is 5.97 Å². The number of nitrogens with zero attached hydrogens (tertiary/aromatic N) is 1. The summed E-state index contributed by atoms with van der Waals surface area (Å²) in [5.74, 6) is 0.160. The number of carboxylic acid groups (broad SMARTS) is 1. The maximum absolute atomic E-state index is 12.6. The third-order valence-corrected chi connectivity index (χ3v) is 6.20. The Morgan fingerprint density at radius 2 is 2.20 bits per heavy atom. The third kappa shape index (κ3) is 2.44. The highest BCUT2D eigenvalue weighted by Crippen LogP contribution is 2.45. The molecule has 1 N–H and O–H groups in total. The first-order valence-electron chi connectivity index (χ1n) is 7.35. The van der Waals surface area contributed by atoms with Crippen molar-refractivity contribution < 1.29 is 19.4 Å². The minimum Gasteiger partial charge on any atom is -0.481 e. The van der Waals surface area contributed by atoms with Crippen LogP contribution in [0.3, 0.4) is 0 Å². The summed E-state index contributed by atoms with van der Waals surface area (Å²) in [6, 6.07) is 0.237. The summed E-state index contributed by atoms with van der Waals surface area (Å²) in [7, 11) is 0. The van der Waals surface area contributed by atoms with Gasteiger partial charge in [-0.05, 0) is 19.3 Å². The lowest BCUT2D eigenvalue weighted by Crippen LogP contribution is -2.55. The molecule has 2 aliphatic heterocycles. The van der Waals surface area contributed by atoms with Gasteiger partial charge in [0.15, 0.2) is 0 Å². The first-order chi connectivity index (χ1) is 9.62. The monoisotopic (exact) mass is 299 g/mol. The second kappa shape index (κ2) is 5.56. The number of aliphatic carboxylic acids is 1. The van der Waals surface area contributed by atoms with Gasteiger partial charge in [0.05, 0.1) is 12.0 Å². The lowest BCUT2D eigenvalue weighted by atomic mass is 9.66. The Kier molecular flexibility index (Phi) is 3.95. The summed E-state index contributed by atoms with van der Waals surface area (Å²) in [4.78, 5) is 25.9. The molecular formula is C14H21NO4S. The van der Waals surface area contributed by atoms with Crippen LogP contribution in [0.25, 0.3) is 0 Å². The van der Waals surface area contributed by atoms with E-state index in [9.17, 15) is 14.7 Å². The molecule has 0 aromatic rings. The molecule has 2 unspecified atom stereocenters. The molecule has 0 radical (unpaired) electrons. The summed E-state index contributed by atoms with van der Waals surface area (Å²) < 4.78 is 5.49. The van der Waals surface area contributed by atoms with Gasteiger partial charge in [-0.15, -0.1) is 0 Å². The molecule has 0 aromatic heterocycles. The summed E-state index contributed by atoms with van der Waals surface area (Å²) in [5.41, 5.74) is -0.775. The van der Waals surface area contributed by atoms with Crippen molar-refractivity contribution >= 4 is 23.6 Å². The van der Waals surface area contributed by atoms with Crippen LogP contribution < -0.4 is 0 Å². The minimum absolute atomic E-state index is 0.0318. The molecule has 3 rings (SSSR count). The number of thioether (sulfide) groups is 1. The highest BCUT2D eigenvalue weighted by molar-refractivity contribution is 8.00. The summed E-state index contributed by atoms with van der Waals surface area (Å²) in [6.45, 7) is 2.17. The maximum atomic E-state index is 12.6. The largest absolute Gasteiger partial charge is 0.481 e. The smallest absolute Gasteiger partial charge is 0.310 e. The first kappa shape index (κ1) is 14.2. The molecule has 0 aromatic carbocycles. The molecule has 2 heterocycles. The number of hydrogen-bond acceptors (Lipinski definition) is 4. The molecule has 6 heteroatoms. The van der Waals surface area contributed by atoms with E-state index < -0.39 is 11.4 Å². The molecule has 1 saturated carbocycles. The Bertz CT molecular complexity index is 408. The van der Waals surface area contributed by atoms with Gasteiger partial charge in [-0.3, -0.25) is 9.59 Å². The van der Waals surface area contributed by atoms with E-state index in [1.165, 1.54) is 0 Å². The lowest BCUT2D eigenvalue weighted by Gasteiger charge is -2.45. The molecule has 5 nitrogen and oxygen atoms in total. The van der Waals surface area contributed by atoms with Gasteiger partial charge < -0.3 is 14.7 Å². The van der Waals surface area contributed by atoms with Crippen LogP contribution >= 0.6 is 11.8 Å². The number of rotatable bonds is 3. The highest BCUT2D eigenvalue weighted by atomic mass is 32.2. The number of ether oxygens (including phenoxy) is 1. The van der Waals surface area contributed by atoms with Crippen molar-refractivity contribution in [3.63, 3.8) is 0 Å². The molecule has 112 valence electrons. The predicted octanol–water partition coefficient (Wildman–Crippen LogP) is 1.36. The standard InChI is InChI=1S/C14H21NO4S/c16-12(8-14(13(17)18)3-1-4-14)15-5-7-20-11-9-19-6-2-10(11)15/h10-11H,1-9H2,(H,17,18). The van der Waals surface area contributed by atoms with Gasteiger partial charge in [0.1, 0.15) is 0 Å². The molecule has 0 spiro atoms. The van der Waals surface area contributed by atoms with Gasteiger partial charge in [-0.2, -0.15) is 11.8 Å². The van der Waals surface area contributed by atoms with Crippen molar-refractivity contribution in [2.75, 3.05) is 25.5 Å². The van der Waals surface area contributed by atoms with Gasteiger partial charge in [0.2, 0.25) is 5.91 Å². The zero-order valence-electron chi connectivity index (χ0n) is 11.5. The van der Waals surface area contributed by atoms with E-state index in [-0.39, 0.29) is 18.4 Å². The molecule has 3 aliphatic rings. The van der Waals surface area contributed by atoms with Crippen molar-refractivity contribution in [1.82, 2.24) is 4.90 Å². The van der Waals surface area contributed by atoms with Crippen LogP contribution in [0.2, 0.25) is 0 Å². The molecule has 2 saturated heterocycles. The Morgan fingerprint density at radius 3 is 2.85 bits per heavy atom. The highest BCUT2D eigenvalue weighted by Gasteiger charge is 2.48.